The molecule has 90 valence electrons. The largest absolute Gasteiger partial charge is 0.481 e. The van der Waals surface area contributed by atoms with Crippen molar-refractivity contribution in [2.75, 3.05) is 6.54 Å². The van der Waals surface area contributed by atoms with Crippen molar-refractivity contribution < 1.29 is 9.90 Å². The van der Waals surface area contributed by atoms with Gasteiger partial charge in [0.1, 0.15) is 0 Å². The van der Waals surface area contributed by atoms with E-state index in [-0.39, 0.29) is 12.5 Å². The number of rotatable bonds is 10. The minimum absolute atomic E-state index is 0.0955. The third-order valence-corrected chi connectivity index (χ3v) is 2.50. The fourth-order valence-electron chi connectivity index (χ4n) is 1.59. The lowest BCUT2D eigenvalue weighted by Crippen LogP contribution is -2.29. The van der Waals surface area contributed by atoms with Gasteiger partial charge in [-0.3, -0.25) is 4.79 Å². The Hall–Kier alpha value is -0.570. The van der Waals surface area contributed by atoms with Crippen LogP contribution in [-0.2, 0) is 4.79 Å². The van der Waals surface area contributed by atoms with E-state index >= 15 is 0 Å². The topological polar surface area (TPSA) is 49.3 Å². The van der Waals surface area contributed by atoms with Crippen LogP contribution in [0.4, 0.5) is 0 Å². The fraction of sp³-hybridized carbons (Fsp3) is 0.917. The van der Waals surface area contributed by atoms with E-state index in [2.05, 4.69) is 12.2 Å². The van der Waals surface area contributed by atoms with Gasteiger partial charge in [0, 0.05) is 6.04 Å². The molecule has 0 bridgehead atoms. The number of carboxylic acid groups (broad SMARTS) is 1. The second-order valence-electron chi connectivity index (χ2n) is 4.22. The summed E-state index contributed by atoms with van der Waals surface area (Å²) in [5.41, 5.74) is 0. The molecule has 0 rings (SSSR count). The van der Waals surface area contributed by atoms with Gasteiger partial charge in [0.05, 0.1) is 6.42 Å². The van der Waals surface area contributed by atoms with Crippen LogP contribution in [-0.4, -0.2) is 23.7 Å². The van der Waals surface area contributed by atoms with E-state index in [0.717, 1.165) is 13.0 Å². The summed E-state index contributed by atoms with van der Waals surface area (Å²) < 4.78 is 0. The summed E-state index contributed by atoms with van der Waals surface area (Å²) in [7, 11) is 0. The zero-order chi connectivity index (χ0) is 11.5. The third-order valence-electron chi connectivity index (χ3n) is 2.50. The monoisotopic (exact) mass is 215 g/mol. The zero-order valence-corrected chi connectivity index (χ0v) is 10.1. The predicted molar refractivity (Wildman–Crippen MR) is 63.1 cm³/mol. The van der Waals surface area contributed by atoms with Crippen molar-refractivity contribution in [3.05, 3.63) is 0 Å². The summed E-state index contributed by atoms with van der Waals surface area (Å²) in [6.07, 6.45) is 7.90. The summed E-state index contributed by atoms with van der Waals surface area (Å²) in [6.45, 7) is 5.08. The van der Waals surface area contributed by atoms with E-state index in [1.807, 2.05) is 6.92 Å². The van der Waals surface area contributed by atoms with Crippen molar-refractivity contribution in [1.29, 1.82) is 0 Å². The van der Waals surface area contributed by atoms with Crippen LogP contribution in [0.15, 0.2) is 0 Å². The Morgan fingerprint density at radius 3 is 2.40 bits per heavy atom. The second-order valence-corrected chi connectivity index (χ2v) is 4.22. The molecule has 2 N–H and O–H groups in total. The number of carbonyl (C=O) groups is 1. The average Bonchev–Trinajstić information content (AvgIpc) is 2.15. The van der Waals surface area contributed by atoms with Gasteiger partial charge in [0.15, 0.2) is 0 Å². The maximum absolute atomic E-state index is 10.4. The van der Waals surface area contributed by atoms with Crippen LogP contribution in [0, 0.1) is 0 Å². The van der Waals surface area contributed by atoms with Crippen LogP contribution in [0.25, 0.3) is 0 Å². The molecule has 0 aliphatic carbocycles. The average molecular weight is 215 g/mol. The Morgan fingerprint density at radius 1 is 1.20 bits per heavy atom. The molecule has 15 heavy (non-hydrogen) atoms. The first-order valence-corrected chi connectivity index (χ1v) is 6.12. The van der Waals surface area contributed by atoms with Gasteiger partial charge in [-0.1, -0.05) is 39.0 Å². The van der Waals surface area contributed by atoms with Crippen molar-refractivity contribution in [2.45, 2.75) is 64.8 Å². The van der Waals surface area contributed by atoms with Crippen LogP contribution in [0.2, 0.25) is 0 Å². The molecule has 0 aromatic heterocycles. The van der Waals surface area contributed by atoms with Crippen molar-refractivity contribution in [3.8, 4) is 0 Å². The highest BCUT2D eigenvalue weighted by atomic mass is 16.4. The molecule has 0 aliphatic heterocycles. The Bertz CT molecular complexity index is 160. The second kappa shape index (κ2) is 9.97. The van der Waals surface area contributed by atoms with Gasteiger partial charge in [0.2, 0.25) is 0 Å². The zero-order valence-electron chi connectivity index (χ0n) is 10.1. The summed E-state index contributed by atoms with van der Waals surface area (Å²) in [4.78, 5) is 10.4. The van der Waals surface area contributed by atoms with Crippen molar-refractivity contribution in [2.24, 2.45) is 0 Å². The van der Waals surface area contributed by atoms with E-state index in [9.17, 15) is 4.79 Å². The molecule has 0 aromatic rings. The number of carboxylic acids is 1. The molecular weight excluding hydrogens is 190 g/mol. The van der Waals surface area contributed by atoms with E-state index in [1.54, 1.807) is 0 Å². The van der Waals surface area contributed by atoms with Gasteiger partial charge in [-0.15, -0.1) is 0 Å². The third kappa shape index (κ3) is 11.4. The molecule has 3 nitrogen and oxygen atoms in total. The highest BCUT2D eigenvalue weighted by Gasteiger charge is 2.05. The van der Waals surface area contributed by atoms with Crippen LogP contribution in [0.3, 0.4) is 0 Å². The van der Waals surface area contributed by atoms with Gasteiger partial charge in [-0.25, -0.2) is 0 Å². The van der Waals surface area contributed by atoms with Gasteiger partial charge in [-0.2, -0.15) is 0 Å². The first-order valence-electron chi connectivity index (χ1n) is 6.12. The van der Waals surface area contributed by atoms with Gasteiger partial charge in [0.25, 0.3) is 0 Å². The Kier molecular flexibility index (Phi) is 9.59. The molecule has 0 aliphatic rings. The van der Waals surface area contributed by atoms with Crippen molar-refractivity contribution in [1.82, 2.24) is 5.32 Å². The van der Waals surface area contributed by atoms with Crippen molar-refractivity contribution in [3.63, 3.8) is 0 Å². The number of unbranched alkanes of at least 4 members (excludes halogenated alkanes) is 5. The number of nitrogens with one attached hydrogen (secondary N) is 1. The molecule has 3 heteroatoms. The number of hydrogen-bond donors (Lipinski definition) is 2. The lowest BCUT2D eigenvalue weighted by atomic mass is 10.1. The smallest absolute Gasteiger partial charge is 0.304 e. The van der Waals surface area contributed by atoms with Gasteiger partial charge < -0.3 is 10.4 Å². The lowest BCUT2D eigenvalue weighted by Gasteiger charge is -2.10. The summed E-state index contributed by atoms with van der Waals surface area (Å²) in [5, 5.41) is 11.8. The maximum atomic E-state index is 10.4. The summed E-state index contributed by atoms with van der Waals surface area (Å²) in [5.74, 6) is -0.724. The van der Waals surface area contributed by atoms with Crippen LogP contribution in [0.5, 0.6) is 0 Å². The maximum Gasteiger partial charge on any atom is 0.304 e. The number of aliphatic carboxylic acids is 1. The molecule has 0 heterocycles. The quantitative estimate of drug-likeness (QED) is 0.551. The van der Waals surface area contributed by atoms with E-state index in [4.69, 9.17) is 5.11 Å². The Balaban J connectivity index is 3.13. The van der Waals surface area contributed by atoms with Gasteiger partial charge >= 0.3 is 5.97 Å². The van der Waals surface area contributed by atoms with Gasteiger partial charge in [-0.05, 0) is 19.9 Å². The minimum Gasteiger partial charge on any atom is -0.481 e. The molecule has 0 amide bonds. The molecular formula is C12H25NO2. The summed E-state index contributed by atoms with van der Waals surface area (Å²) in [6, 6.07) is 0.0955. The van der Waals surface area contributed by atoms with E-state index < -0.39 is 5.97 Å². The Labute approximate surface area is 93.3 Å². The molecule has 0 saturated heterocycles. The lowest BCUT2D eigenvalue weighted by molar-refractivity contribution is -0.137. The standard InChI is InChI=1S/C12H25NO2/c1-3-4-5-6-7-8-9-13-11(2)10-12(14)15/h11,13H,3-10H2,1-2H3,(H,14,15). The SMILES string of the molecule is CCCCCCCCNC(C)CC(=O)O. The minimum atomic E-state index is -0.724. The summed E-state index contributed by atoms with van der Waals surface area (Å²) >= 11 is 0. The molecule has 0 spiro atoms. The highest BCUT2D eigenvalue weighted by Crippen LogP contribution is 2.04. The highest BCUT2D eigenvalue weighted by molar-refractivity contribution is 5.67. The first kappa shape index (κ1) is 14.4. The molecule has 1 unspecified atom stereocenters. The molecule has 0 radical (unpaired) electrons. The first-order chi connectivity index (χ1) is 7.16. The Morgan fingerprint density at radius 2 is 1.80 bits per heavy atom. The molecule has 1 atom stereocenters. The van der Waals surface area contributed by atoms with Crippen LogP contribution < -0.4 is 5.32 Å². The van der Waals surface area contributed by atoms with E-state index in [0.29, 0.717) is 0 Å². The molecule has 0 aromatic carbocycles. The fourth-order valence-corrected chi connectivity index (χ4v) is 1.59. The molecule has 0 fully saturated rings. The van der Waals surface area contributed by atoms with Crippen molar-refractivity contribution >= 4 is 5.97 Å². The normalized spacial score (nSPS) is 12.7. The number of hydrogen-bond acceptors (Lipinski definition) is 2. The molecule has 0 saturated carbocycles. The van der Waals surface area contributed by atoms with E-state index in [1.165, 1.54) is 32.1 Å². The predicted octanol–water partition coefficient (Wildman–Crippen LogP) is 2.80. The van der Waals surface area contributed by atoms with Crippen LogP contribution in [0.1, 0.15) is 58.8 Å². The van der Waals surface area contributed by atoms with Crippen LogP contribution >= 0.6 is 0 Å².